The third-order valence-corrected chi connectivity index (χ3v) is 4.98. The van der Waals surface area contributed by atoms with Crippen LogP contribution in [0.1, 0.15) is 18.3 Å². The van der Waals surface area contributed by atoms with E-state index in [4.69, 9.17) is 0 Å². The van der Waals surface area contributed by atoms with E-state index in [0.717, 1.165) is 5.56 Å². The molecule has 0 unspecified atom stereocenters. The average Bonchev–Trinajstić information content (AvgIpc) is 3.03. The highest BCUT2D eigenvalue weighted by Crippen LogP contribution is 2.09. The van der Waals surface area contributed by atoms with Crippen LogP contribution in [0.4, 0.5) is 5.82 Å². The first-order valence-electron chi connectivity index (χ1n) is 7.89. The van der Waals surface area contributed by atoms with E-state index in [-0.39, 0.29) is 12.3 Å². The Labute approximate surface area is 145 Å². The zero-order valence-electron chi connectivity index (χ0n) is 13.8. The summed E-state index contributed by atoms with van der Waals surface area (Å²) in [5.41, 5.74) is 1.66. The molecule has 0 aromatic carbocycles. The van der Waals surface area contributed by atoms with E-state index in [1.165, 1.54) is 0 Å². The highest BCUT2D eigenvalue weighted by atomic mass is 32.2. The molecule has 3 aromatic heterocycles. The monoisotopic (exact) mass is 361 g/mol. The van der Waals surface area contributed by atoms with Crippen LogP contribution < -0.4 is 10.0 Å². The number of pyridine rings is 1. The zero-order chi connectivity index (χ0) is 17.7. The number of sulfonamides is 1. The van der Waals surface area contributed by atoms with Gasteiger partial charge in [-0.2, -0.15) is 4.52 Å². The van der Waals surface area contributed by atoms with Crippen LogP contribution in [0.15, 0.2) is 36.7 Å². The van der Waals surface area contributed by atoms with Gasteiger partial charge in [-0.05, 0) is 30.7 Å². The van der Waals surface area contributed by atoms with E-state index in [0.29, 0.717) is 30.3 Å². The summed E-state index contributed by atoms with van der Waals surface area (Å²) in [6, 6.07) is 7.49. The van der Waals surface area contributed by atoms with Crippen molar-refractivity contribution in [3.05, 3.63) is 48.0 Å². The molecule has 0 fully saturated rings. The van der Waals surface area contributed by atoms with Crippen LogP contribution >= 0.6 is 0 Å². The average molecular weight is 361 g/mol. The van der Waals surface area contributed by atoms with Gasteiger partial charge in [0, 0.05) is 31.9 Å². The summed E-state index contributed by atoms with van der Waals surface area (Å²) in [5, 5.41) is 15.8. The molecule has 0 aliphatic heterocycles. The molecule has 3 rings (SSSR count). The van der Waals surface area contributed by atoms with Crippen molar-refractivity contribution in [2.75, 3.05) is 17.6 Å². The highest BCUT2D eigenvalue weighted by molar-refractivity contribution is 7.89. The molecule has 0 radical (unpaired) electrons. The zero-order valence-corrected chi connectivity index (χ0v) is 14.6. The molecule has 2 N–H and O–H groups in total. The van der Waals surface area contributed by atoms with E-state index >= 15 is 0 Å². The van der Waals surface area contributed by atoms with Crippen molar-refractivity contribution in [3.8, 4) is 0 Å². The Morgan fingerprint density at radius 3 is 2.84 bits per heavy atom. The van der Waals surface area contributed by atoms with Gasteiger partial charge >= 0.3 is 0 Å². The van der Waals surface area contributed by atoms with E-state index in [9.17, 15) is 8.42 Å². The minimum atomic E-state index is -3.22. The van der Waals surface area contributed by atoms with Gasteiger partial charge in [-0.25, -0.2) is 13.1 Å². The number of anilines is 1. The third-order valence-electron chi connectivity index (χ3n) is 3.57. The van der Waals surface area contributed by atoms with Crippen molar-refractivity contribution in [2.24, 2.45) is 0 Å². The maximum absolute atomic E-state index is 11.5. The Kier molecular flexibility index (Phi) is 5.19. The van der Waals surface area contributed by atoms with E-state index < -0.39 is 10.0 Å². The second-order valence-electron chi connectivity index (χ2n) is 5.37. The standard InChI is InChI=1S/C15H19N7O2S/c1-2-25(23,24)18-9-7-15-20-19-14-6-5-13(21-22(14)15)17-11-12-4-3-8-16-10-12/h3-6,8,10,18H,2,7,9,11H2,1H3,(H,17,21). The lowest BCUT2D eigenvalue weighted by Gasteiger charge is -2.06. The summed E-state index contributed by atoms with van der Waals surface area (Å²) in [5.74, 6) is 1.32. The minimum Gasteiger partial charge on any atom is -0.364 e. The lowest BCUT2D eigenvalue weighted by Crippen LogP contribution is -2.27. The second kappa shape index (κ2) is 7.53. The fourth-order valence-corrected chi connectivity index (χ4v) is 2.82. The Morgan fingerprint density at radius 1 is 1.20 bits per heavy atom. The molecular formula is C15H19N7O2S. The minimum absolute atomic E-state index is 0.0498. The van der Waals surface area contributed by atoms with Crippen LogP contribution in [0.25, 0.3) is 5.65 Å². The van der Waals surface area contributed by atoms with Crippen LogP contribution in [0.3, 0.4) is 0 Å². The van der Waals surface area contributed by atoms with Crippen molar-refractivity contribution in [2.45, 2.75) is 19.9 Å². The topological polar surface area (TPSA) is 114 Å². The maximum atomic E-state index is 11.5. The van der Waals surface area contributed by atoms with Crippen molar-refractivity contribution in [1.29, 1.82) is 0 Å². The van der Waals surface area contributed by atoms with Gasteiger partial charge in [-0.3, -0.25) is 4.98 Å². The number of nitrogens with zero attached hydrogens (tertiary/aromatic N) is 5. The van der Waals surface area contributed by atoms with Gasteiger partial charge in [-0.1, -0.05) is 6.07 Å². The van der Waals surface area contributed by atoms with Gasteiger partial charge in [0.15, 0.2) is 11.5 Å². The summed E-state index contributed by atoms with van der Waals surface area (Å²) in [6.45, 7) is 2.45. The van der Waals surface area contributed by atoms with Crippen LogP contribution in [-0.2, 0) is 23.0 Å². The number of aromatic nitrogens is 5. The molecule has 0 saturated heterocycles. The molecule has 0 aliphatic carbocycles. The van der Waals surface area contributed by atoms with E-state index in [1.807, 2.05) is 24.3 Å². The highest BCUT2D eigenvalue weighted by Gasteiger charge is 2.10. The van der Waals surface area contributed by atoms with Crippen molar-refractivity contribution < 1.29 is 8.42 Å². The van der Waals surface area contributed by atoms with Crippen molar-refractivity contribution in [3.63, 3.8) is 0 Å². The summed E-state index contributed by atoms with van der Waals surface area (Å²) < 4.78 is 27.1. The molecule has 0 saturated carbocycles. The van der Waals surface area contributed by atoms with Crippen LogP contribution in [0, 0.1) is 0 Å². The first kappa shape index (κ1) is 17.2. The molecule has 0 amide bonds. The van der Waals surface area contributed by atoms with Crippen LogP contribution in [0.2, 0.25) is 0 Å². The second-order valence-corrected chi connectivity index (χ2v) is 7.46. The van der Waals surface area contributed by atoms with Gasteiger partial charge in [-0.15, -0.1) is 15.3 Å². The molecule has 3 aromatic rings. The molecule has 0 bridgehead atoms. The first-order valence-corrected chi connectivity index (χ1v) is 9.54. The van der Waals surface area contributed by atoms with E-state index in [2.05, 4.69) is 30.3 Å². The maximum Gasteiger partial charge on any atom is 0.211 e. The fraction of sp³-hybridized carbons (Fsp3) is 0.333. The summed E-state index contributed by atoms with van der Waals surface area (Å²) in [7, 11) is -3.22. The smallest absolute Gasteiger partial charge is 0.211 e. The predicted octanol–water partition coefficient (Wildman–Crippen LogP) is 0.613. The normalized spacial score (nSPS) is 11.7. The Hall–Kier alpha value is -2.59. The number of hydrogen-bond acceptors (Lipinski definition) is 7. The Bertz CT molecular complexity index is 941. The quantitative estimate of drug-likeness (QED) is 0.604. The van der Waals surface area contributed by atoms with Gasteiger partial charge in [0.1, 0.15) is 5.82 Å². The van der Waals surface area contributed by atoms with Gasteiger partial charge in [0.05, 0.1) is 5.75 Å². The summed E-state index contributed by atoms with van der Waals surface area (Å²) in [4.78, 5) is 4.07. The molecule has 0 aliphatic rings. The molecule has 9 nitrogen and oxygen atoms in total. The van der Waals surface area contributed by atoms with Gasteiger partial charge in [0.2, 0.25) is 10.0 Å². The number of nitrogens with one attached hydrogen (secondary N) is 2. The molecule has 25 heavy (non-hydrogen) atoms. The van der Waals surface area contributed by atoms with Crippen molar-refractivity contribution in [1.82, 2.24) is 29.5 Å². The molecule has 10 heteroatoms. The SMILES string of the molecule is CCS(=O)(=O)NCCc1nnc2ccc(NCc3cccnc3)nn12. The molecule has 0 atom stereocenters. The van der Waals surface area contributed by atoms with Gasteiger partial charge in [0.25, 0.3) is 0 Å². The predicted molar refractivity (Wildman–Crippen MR) is 93.5 cm³/mol. The summed E-state index contributed by atoms with van der Waals surface area (Å²) in [6.07, 6.45) is 3.92. The Balaban J connectivity index is 1.69. The van der Waals surface area contributed by atoms with Crippen LogP contribution in [-0.4, -0.2) is 45.5 Å². The largest absolute Gasteiger partial charge is 0.364 e. The fourth-order valence-electron chi connectivity index (χ4n) is 2.20. The summed E-state index contributed by atoms with van der Waals surface area (Å²) >= 11 is 0. The number of rotatable bonds is 8. The Morgan fingerprint density at radius 2 is 2.08 bits per heavy atom. The molecule has 3 heterocycles. The van der Waals surface area contributed by atoms with Crippen LogP contribution in [0.5, 0.6) is 0 Å². The first-order chi connectivity index (χ1) is 12.1. The molecule has 132 valence electrons. The van der Waals surface area contributed by atoms with E-state index in [1.54, 1.807) is 23.8 Å². The van der Waals surface area contributed by atoms with Crippen molar-refractivity contribution >= 4 is 21.5 Å². The molecular weight excluding hydrogens is 342 g/mol. The van der Waals surface area contributed by atoms with Gasteiger partial charge < -0.3 is 5.32 Å². The lowest BCUT2D eigenvalue weighted by molar-refractivity contribution is 0.581. The number of hydrogen-bond donors (Lipinski definition) is 2. The third kappa shape index (κ3) is 4.48. The number of fused-ring (bicyclic) bond motifs is 1. The molecule has 0 spiro atoms. The lowest BCUT2D eigenvalue weighted by atomic mass is 10.3.